The van der Waals surface area contributed by atoms with E-state index in [1.807, 2.05) is 93.4 Å². The third kappa shape index (κ3) is 7.16. The summed E-state index contributed by atoms with van der Waals surface area (Å²) in [5.41, 5.74) is 3.14. The molecule has 0 bridgehead atoms. The van der Waals surface area contributed by atoms with E-state index in [-0.39, 0.29) is 18.7 Å². The molecule has 0 aliphatic rings. The molecule has 0 aromatic heterocycles. The van der Waals surface area contributed by atoms with Gasteiger partial charge < -0.3 is 14.2 Å². The number of ether oxygens (including phenoxy) is 3. The van der Waals surface area contributed by atoms with E-state index in [1.54, 1.807) is 0 Å². The third-order valence-electron chi connectivity index (χ3n) is 4.88. The molecule has 0 N–H and O–H groups in total. The number of halogens is 1. The van der Waals surface area contributed by atoms with Crippen LogP contribution in [0.2, 0.25) is 13.6 Å². The first-order valence-electron chi connectivity index (χ1n) is 10.8. The van der Waals surface area contributed by atoms with E-state index in [0.29, 0.717) is 31.1 Å². The summed E-state index contributed by atoms with van der Waals surface area (Å²) in [6.07, 6.45) is 0.318. The molecule has 3 rings (SSSR count). The molecule has 0 saturated heterocycles. The van der Waals surface area contributed by atoms with Crippen molar-refractivity contribution in [3.05, 3.63) is 94.0 Å². The number of hydrogen-bond donors (Lipinski definition) is 0. The Morgan fingerprint density at radius 2 is 1.38 bits per heavy atom. The second kappa shape index (κ2) is 11.8. The Labute approximate surface area is 199 Å². The summed E-state index contributed by atoms with van der Waals surface area (Å²) in [5.74, 6) is 1.12. The van der Waals surface area contributed by atoms with Gasteiger partial charge in [-0.05, 0) is 35.7 Å². The van der Waals surface area contributed by atoms with E-state index in [9.17, 15) is 4.79 Å². The summed E-state index contributed by atoms with van der Waals surface area (Å²) < 4.78 is 18.7. The van der Waals surface area contributed by atoms with Crippen LogP contribution in [-0.4, -0.2) is 18.7 Å². The molecule has 0 radical (unpaired) electrons. The highest BCUT2D eigenvalue weighted by Crippen LogP contribution is 2.35. The largest absolute Gasteiger partial charge is 0.485 e. The Morgan fingerprint density at radius 1 is 0.875 bits per heavy atom. The summed E-state index contributed by atoms with van der Waals surface area (Å²) in [6.45, 7) is 6.29. The summed E-state index contributed by atoms with van der Waals surface area (Å²) >= 11 is 3.65. The molecule has 1 atom stereocenters. The van der Waals surface area contributed by atoms with Gasteiger partial charge in [0.1, 0.15) is 19.3 Å². The maximum absolute atomic E-state index is 12.0. The molecule has 1 unspecified atom stereocenters. The van der Waals surface area contributed by atoms with Gasteiger partial charge in [-0.2, -0.15) is 0 Å². The highest BCUT2D eigenvalue weighted by Gasteiger charge is 2.19. The van der Waals surface area contributed by atoms with Crippen LogP contribution in [0.5, 0.6) is 11.5 Å². The Morgan fingerprint density at radius 3 is 1.88 bits per heavy atom. The van der Waals surface area contributed by atoms with Crippen molar-refractivity contribution < 1.29 is 19.0 Å². The lowest BCUT2D eigenvalue weighted by Crippen LogP contribution is -2.25. The zero-order valence-corrected chi connectivity index (χ0v) is 20.3. The number of hydrogen-bond acceptors (Lipinski definition) is 4. The van der Waals surface area contributed by atoms with Crippen molar-refractivity contribution in [3.63, 3.8) is 0 Å². The molecule has 0 fully saturated rings. The van der Waals surface area contributed by atoms with Gasteiger partial charge >= 0.3 is 0 Å². The topological polar surface area (TPSA) is 44.8 Å². The molecule has 166 valence electrons. The van der Waals surface area contributed by atoms with Crippen molar-refractivity contribution in [2.75, 3.05) is 0 Å². The molecule has 0 amide bonds. The number of benzene rings is 3. The molecule has 0 aliphatic heterocycles. The minimum absolute atomic E-state index is 0.153. The molecule has 32 heavy (non-hydrogen) atoms. The van der Waals surface area contributed by atoms with Gasteiger partial charge in [0.05, 0.1) is 0 Å². The standard InChI is InChI=1S/C26H28BBrO4/c1-19(32-26(29)27(2)3)14-22-15-24(30-17-20-10-6-4-7-11-20)25(16-23(22)28)31-18-21-12-8-5-9-13-21/h4-13,15-16,19H,14,17-18H2,1-3H3. The summed E-state index contributed by atoms with van der Waals surface area (Å²) in [4.78, 5) is 12.0. The van der Waals surface area contributed by atoms with Gasteiger partial charge in [0, 0.05) is 10.9 Å². The lowest BCUT2D eigenvalue weighted by atomic mass is 9.55. The van der Waals surface area contributed by atoms with Crippen molar-refractivity contribution in [2.24, 2.45) is 0 Å². The van der Waals surface area contributed by atoms with Crippen LogP contribution in [0.3, 0.4) is 0 Å². The van der Waals surface area contributed by atoms with E-state index in [4.69, 9.17) is 14.2 Å². The van der Waals surface area contributed by atoms with Gasteiger partial charge in [0.15, 0.2) is 11.5 Å². The van der Waals surface area contributed by atoms with Crippen molar-refractivity contribution in [2.45, 2.75) is 46.3 Å². The predicted molar refractivity (Wildman–Crippen MR) is 133 cm³/mol. The first-order chi connectivity index (χ1) is 15.4. The quantitative estimate of drug-likeness (QED) is 0.284. The number of rotatable bonds is 10. The minimum atomic E-state index is -0.251. The monoisotopic (exact) mass is 494 g/mol. The van der Waals surface area contributed by atoms with Gasteiger partial charge in [0.2, 0.25) is 0 Å². The fourth-order valence-electron chi connectivity index (χ4n) is 3.12. The maximum Gasteiger partial charge on any atom is 0.271 e. The Kier molecular flexibility index (Phi) is 8.80. The second-order valence-electron chi connectivity index (χ2n) is 8.05. The molecule has 0 spiro atoms. The molecule has 4 nitrogen and oxygen atoms in total. The molecular weight excluding hydrogens is 467 g/mol. The highest BCUT2D eigenvalue weighted by atomic mass is 79.9. The Bertz CT molecular complexity index is 1010. The summed E-state index contributed by atoms with van der Waals surface area (Å²) in [5, 5.41) is 0. The van der Waals surface area contributed by atoms with Crippen molar-refractivity contribution in [1.82, 2.24) is 0 Å². The first kappa shape index (κ1) is 23.9. The van der Waals surface area contributed by atoms with Gasteiger partial charge in [-0.15, -0.1) is 0 Å². The lowest BCUT2D eigenvalue weighted by Gasteiger charge is -2.19. The van der Waals surface area contributed by atoms with Crippen LogP contribution in [0.15, 0.2) is 77.3 Å². The van der Waals surface area contributed by atoms with Gasteiger partial charge in [-0.25, -0.2) is 0 Å². The number of carbonyl (C=O) groups is 1. The van der Waals surface area contributed by atoms with Crippen LogP contribution in [0.1, 0.15) is 23.6 Å². The van der Waals surface area contributed by atoms with Crippen molar-refractivity contribution in [1.29, 1.82) is 0 Å². The fourth-order valence-corrected chi connectivity index (χ4v) is 3.60. The average molecular weight is 495 g/mol. The van der Waals surface area contributed by atoms with E-state index in [0.717, 1.165) is 21.2 Å². The predicted octanol–water partition coefficient (Wildman–Crippen LogP) is 7.01. The van der Waals surface area contributed by atoms with E-state index in [2.05, 4.69) is 15.9 Å². The van der Waals surface area contributed by atoms with Crippen LogP contribution in [0, 0.1) is 0 Å². The third-order valence-corrected chi connectivity index (χ3v) is 5.62. The van der Waals surface area contributed by atoms with E-state index in [1.165, 1.54) is 0 Å². The zero-order chi connectivity index (χ0) is 22.9. The van der Waals surface area contributed by atoms with E-state index < -0.39 is 0 Å². The van der Waals surface area contributed by atoms with Gasteiger partial charge in [-0.3, -0.25) is 4.79 Å². The molecule has 0 heterocycles. The molecular formula is C26H28BBrO4. The molecule has 0 aliphatic carbocycles. The van der Waals surface area contributed by atoms with Gasteiger partial charge in [-0.1, -0.05) is 90.2 Å². The van der Waals surface area contributed by atoms with Crippen molar-refractivity contribution in [3.8, 4) is 11.5 Å². The zero-order valence-electron chi connectivity index (χ0n) is 18.7. The van der Waals surface area contributed by atoms with E-state index >= 15 is 0 Å². The smallest absolute Gasteiger partial charge is 0.271 e. The molecule has 3 aromatic carbocycles. The number of carbonyl (C=O) groups excluding carboxylic acids is 1. The average Bonchev–Trinajstić information content (AvgIpc) is 2.79. The summed E-state index contributed by atoms with van der Waals surface area (Å²) in [7, 11) is 0. The van der Waals surface area contributed by atoms with Crippen LogP contribution in [0.4, 0.5) is 4.79 Å². The Balaban J connectivity index is 1.79. The second-order valence-corrected chi connectivity index (χ2v) is 8.90. The SMILES string of the molecule is CB(C)C(=O)OC(C)Cc1cc(OCc2ccccc2)c(OCc2ccccc2)cc1Br. The van der Waals surface area contributed by atoms with Crippen molar-refractivity contribution >= 4 is 28.5 Å². The molecule has 3 aromatic rings. The first-order valence-corrected chi connectivity index (χ1v) is 11.6. The van der Waals surface area contributed by atoms with Crippen LogP contribution >= 0.6 is 15.9 Å². The van der Waals surface area contributed by atoms with Crippen LogP contribution < -0.4 is 9.47 Å². The normalized spacial score (nSPS) is 11.5. The van der Waals surface area contributed by atoms with Gasteiger partial charge in [0.25, 0.3) is 12.6 Å². The lowest BCUT2D eigenvalue weighted by molar-refractivity contribution is 0.130. The highest BCUT2D eigenvalue weighted by molar-refractivity contribution is 9.10. The van der Waals surface area contributed by atoms with Crippen LogP contribution in [0.25, 0.3) is 0 Å². The molecule has 6 heteroatoms. The maximum atomic E-state index is 12.0. The minimum Gasteiger partial charge on any atom is -0.485 e. The summed E-state index contributed by atoms with van der Waals surface area (Å²) in [6, 6.07) is 23.9. The fraction of sp³-hybridized carbons (Fsp3) is 0.269. The molecule has 0 saturated carbocycles. The Hall–Kier alpha value is -2.73. The van der Waals surface area contributed by atoms with Crippen LogP contribution in [-0.2, 0) is 24.4 Å².